The van der Waals surface area contributed by atoms with Crippen LogP contribution < -0.4 is 9.47 Å². The van der Waals surface area contributed by atoms with Gasteiger partial charge < -0.3 is 23.5 Å². The van der Waals surface area contributed by atoms with Gasteiger partial charge in [-0.05, 0) is 46.5 Å². The third-order valence-electron chi connectivity index (χ3n) is 4.99. The molecule has 0 heterocycles. The summed E-state index contributed by atoms with van der Waals surface area (Å²) in [6.45, 7) is 3.18. The normalized spacial score (nSPS) is 14.0. The van der Waals surface area contributed by atoms with Crippen molar-refractivity contribution in [3.05, 3.63) is 47.5 Å². The predicted molar refractivity (Wildman–Crippen MR) is 113 cm³/mol. The van der Waals surface area contributed by atoms with Gasteiger partial charge in [0.15, 0.2) is 0 Å². The summed E-state index contributed by atoms with van der Waals surface area (Å²) < 4.78 is 13.6. The van der Waals surface area contributed by atoms with Crippen LogP contribution in [-0.2, 0) is 0 Å². The zero-order valence-electron chi connectivity index (χ0n) is 18.0. The summed E-state index contributed by atoms with van der Waals surface area (Å²) in [5, 5.41) is 10.7. The van der Waals surface area contributed by atoms with Gasteiger partial charge in [0.1, 0.15) is 43.9 Å². The molecule has 28 heavy (non-hydrogen) atoms. The summed E-state index contributed by atoms with van der Waals surface area (Å²) in [5.41, 5.74) is 3.92. The molecule has 0 saturated heterocycles. The SMILES string of the molecule is C[N+](C)(C)CCOc1ccc2c(c1)-c1cc(OCC[N+](C)(C)C)ccc1C2O. The first-order valence-electron chi connectivity index (χ1n) is 9.86. The van der Waals surface area contributed by atoms with Crippen molar-refractivity contribution in [3.63, 3.8) is 0 Å². The van der Waals surface area contributed by atoms with Gasteiger partial charge in [-0.25, -0.2) is 0 Å². The fourth-order valence-corrected chi connectivity index (χ4v) is 3.24. The number of rotatable bonds is 8. The molecular weight excluding hydrogens is 352 g/mol. The number of hydrogen-bond donors (Lipinski definition) is 1. The smallest absolute Gasteiger partial charge is 0.137 e. The second kappa shape index (κ2) is 7.74. The Bertz CT molecular complexity index is 765. The molecule has 0 saturated carbocycles. The van der Waals surface area contributed by atoms with Crippen molar-refractivity contribution in [2.24, 2.45) is 0 Å². The van der Waals surface area contributed by atoms with Crippen LogP contribution in [-0.4, -0.2) is 82.7 Å². The summed E-state index contributed by atoms with van der Waals surface area (Å²) in [5.74, 6) is 1.67. The quantitative estimate of drug-likeness (QED) is 0.709. The Hall–Kier alpha value is -2.08. The molecule has 2 aromatic carbocycles. The number of aliphatic hydroxyl groups excluding tert-OH is 1. The third kappa shape index (κ3) is 5.04. The first-order chi connectivity index (χ1) is 13.0. The van der Waals surface area contributed by atoms with Gasteiger partial charge in [-0.1, -0.05) is 12.1 Å². The molecule has 0 amide bonds. The number of fused-ring (bicyclic) bond motifs is 3. The Morgan fingerprint density at radius 3 is 1.46 bits per heavy atom. The van der Waals surface area contributed by atoms with E-state index in [-0.39, 0.29) is 0 Å². The minimum absolute atomic E-state index is 0.592. The summed E-state index contributed by atoms with van der Waals surface area (Å²) in [4.78, 5) is 0. The minimum atomic E-state index is -0.592. The molecule has 0 fully saturated rings. The second-order valence-electron chi connectivity index (χ2n) is 9.63. The van der Waals surface area contributed by atoms with E-state index in [4.69, 9.17) is 9.47 Å². The first-order valence-corrected chi connectivity index (χ1v) is 9.86. The Kier molecular flexibility index (Phi) is 5.71. The van der Waals surface area contributed by atoms with E-state index in [1.165, 1.54) is 0 Å². The number of hydrogen-bond acceptors (Lipinski definition) is 3. The van der Waals surface area contributed by atoms with Crippen LogP contribution in [0.1, 0.15) is 17.2 Å². The molecule has 1 N–H and O–H groups in total. The van der Waals surface area contributed by atoms with Crippen LogP contribution in [0, 0.1) is 0 Å². The molecule has 1 aliphatic carbocycles. The number of aliphatic hydroxyl groups is 1. The van der Waals surface area contributed by atoms with E-state index in [0.717, 1.165) is 55.8 Å². The molecule has 0 aromatic heterocycles. The Morgan fingerprint density at radius 1 is 0.714 bits per heavy atom. The van der Waals surface area contributed by atoms with Crippen molar-refractivity contribution in [3.8, 4) is 22.6 Å². The van der Waals surface area contributed by atoms with Crippen molar-refractivity contribution in [2.45, 2.75) is 6.10 Å². The molecule has 0 aliphatic heterocycles. The molecule has 0 bridgehead atoms. The van der Waals surface area contributed by atoms with E-state index in [9.17, 15) is 5.11 Å². The number of benzene rings is 2. The van der Waals surface area contributed by atoms with Crippen LogP contribution in [0.15, 0.2) is 36.4 Å². The molecule has 5 nitrogen and oxygen atoms in total. The van der Waals surface area contributed by atoms with E-state index in [1.807, 2.05) is 36.4 Å². The largest absolute Gasteiger partial charge is 0.488 e. The number of nitrogens with zero attached hydrogens (tertiary/aromatic N) is 2. The highest BCUT2D eigenvalue weighted by Crippen LogP contribution is 2.46. The lowest BCUT2D eigenvalue weighted by Gasteiger charge is -2.23. The second-order valence-corrected chi connectivity index (χ2v) is 9.63. The average Bonchev–Trinajstić information content (AvgIpc) is 2.85. The summed E-state index contributed by atoms with van der Waals surface area (Å²) in [7, 11) is 12.9. The standard InChI is InChI=1S/C23H34N2O3/c1-24(2,3)11-13-27-17-7-9-19-21(15-17)22-16-18(8-10-20(22)23(19)26)28-14-12-25(4,5)6/h7-10,15-16,23,26H,11-14H2,1-6H3/q+2. The van der Waals surface area contributed by atoms with Crippen molar-refractivity contribution >= 4 is 0 Å². The third-order valence-corrected chi connectivity index (χ3v) is 4.99. The van der Waals surface area contributed by atoms with Crippen LogP contribution in [0.2, 0.25) is 0 Å². The summed E-state index contributed by atoms with van der Waals surface area (Å²) >= 11 is 0. The molecule has 5 heteroatoms. The highest BCUT2D eigenvalue weighted by Gasteiger charge is 2.28. The van der Waals surface area contributed by atoms with Crippen molar-refractivity contribution < 1.29 is 23.5 Å². The molecular formula is C23H34N2O3+2. The minimum Gasteiger partial charge on any atom is -0.488 e. The maximum absolute atomic E-state index is 10.7. The fraction of sp³-hybridized carbons (Fsp3) is 0.478. The highest BCUT2D eigenvalue weighted by atomic mass is 16.5. The maximum Gasteiger partial charge on any atom is 0.137 e. The predicted octanol–water partition coefficient (Wildman–Crippen LogP) is 2.92. The van der Waals surface area contributed by atoms with Crippen LogP contribution in [0.5, 0.6) is 11.5 Å². The molecule has 0 atom stereocenters. The van der Waals surface area contributed by atoms with Gasteiger partial charge >= 0.3 is 0 Å². The van der Waals surface area contributed by atoms with Crippen molar-refractivity contribution in [1.29, 1.82) is 0 Å². The summed E-state index contributed by atoms with van der Waals surface area (Å²) in [6, 6.07) is 11.9. The highest BCUT2D eigenvalue weighted by molar-refractivity contribution is 5.80. The molecule has 1 aliphatic rings. The van der Waals surface area contributed by atoms with Crippen LogP contribution >= 0.6 is 0 Å². The van der Waals surface area contributed by atoms with E-state index in [0.29, 0.717) is 13.2 Å². The van der Waals surface area contributed by atoms with Crippen molar-refractivity contribution in [1.82, 2.24) is 0 Å². The lowest BCUT2D eigenvalue weighted by Crippen LogP contribution is -2.38. The van der Waals surface area contributed by atoms with Gasteiger partial charge in [-0.2, -0.15) is 0 Å². The monoisotopic (exact) mass is 386 g/mol. The Balaban J connectivity index is 1.77. The van der Waals surface area contributed by atoms with Gasteiger partial charge in [0.2, 0.25) is 0 Å². The lowest BCUT2D eigenvalue weighted by atomic mass is 10.1. The first kappa shape index (κ1) is 20.6. The zero-order valence-corrected chi connectivity index (χ0v) is 18.0. The van der Waals surface area contributed by atoms with Crippen LogP contribution in [0.3, 0.4) is 0 Å². The van der Waals surface area contributed by atoms with Crippen LogP contribution in [0.25, 0.3) is 11.1 Å². The maximum atomic E-state index is 10.7. The fourth-order valence-electron chi connectivity index (χ4n) is 3.24. The molecule has 2 aromatic rings. The number of quaternary nitrogens is 2. The van der Waals surface area contributed by atoms with Crippen LogP contribution in [0.4, 0.5) is 0 Å². The molecule has 0 radical (unpaired) electrons. The van der Waals surface area contributed by atoms with E-state index < -0.39 is 6.10 Å². The average molecular weight is 387 g/mol. The molecule has 0 spiro atoms. The van der Waals surface area contributed by atoms with Gasteiger partial charge in [-0.3, -0.25) is 0 Å². The Labute approximate surface area is 168 Å². The number of ether oxygens (including phenoxy) is 2. The molecule has 0 unspecified atom stereocenters. The van der Waals surface area contributed by atoms with Gasteiger partial charge in [-0.15, -0.1) is 0 Å². The topological polar surface area (TPSA) is 38.7 Å². The van der Waals surface area contributed by atoms with Gasteiger partial charge in [0, 0.05) is 0 Å². The molecule has 3 rings (SSSR count). The lowest BCUT2D eigenvalue weighted by molar-refractivity contribution is -0.870. The van der Waals surface area contributed by atoms with Gasteiger partial charge in [0.25, 0.3) is 0 Å². The Morgan fingerprint density at radius 2 is 1.11 bits per heavy atom. The summed E-state index contributed by atoms with van der Waals surface area (Å²) in [6.07, 6.45) is -0.592. The van der Waals surface area contributed by atoms with E-state index in [2.05, 4.69) is 42.3 Å². The van der Waals surface area contributed by atoms with Gasteiger partial charge in [0.05, 0.1) is 42.3 Å². The van der Waals surface area contributed by atoms with E-state index >= 15 is 0 Å². The molecule has 152 valence electrons. The number of likely N-dealkylation sites (N-methyl/N-ethyl adjacent to an activating group) is 2. The van der Waals surface area contributed by atoms with E-state index in [1.54, 1.807) is 0 Å². The zero-order chi connectivity index (χ0) is 20.5. The van der Waals surface area contributed by atoms with Crippen molar-refractivity contribution in [2.75, 3.05) is 68.6 Å².